The first-order chi connectivity index (χ1) is 9.74. The van der Waals surface area contributed by atoms with Crippen molar-refractivity contribution >= 4 is 11.3 Å². The van der Waals surface area contributed by atoms with Gasteiger partial charge in [0.05, 0.1) is 18.2 Å². The largest absolute Gasteiger partial charge is 0.463 e. The summed E-state index contributed by atoms with van der Waals surface area (Å²) in [5, 5.41) is 10.3. The molecule has 0 bridgehead atoms. The van der Waals surface area contributed by atoms with Gasteiger partial charge in [-0.2, -0.15) is 0 Å². The highest BCUT2D eigenvalue weighted by molar-refractivity contribution is 7.13. The summed E-state index contributed by atoms with van der Waals surface area (Å²) >= 11 is 1.60. The summed E-state index contributed by atoms with van der Waals surface area (Å²) in [4.78, 5) is 2.24. The van der Waals surface area contributed by atoms with Gasteiger partial charge in [0.15, 0.2) is 11.8 Å². The van der Waals surface area contributed by atoms with Crippen molar-refractivity contribution < 1.29 is 13.7 Å². The van der Waals surface area contributed by atoms with Gasteiger partial charge in [0, 0.05) is 0 Å². The van der Waals surface area contributed by atoms with Gasteiger partial charge in [-0.05, 0) is 30.5 Å². The number of hydrogen-bond acceptors (Lipinski definition) is 5. The molecular weight excluding hydrogens is 274 g/mol. The second kappa shape index (κ2) is 5.60. The number of nitrogens with zero attached hydrogens (tertiary/aromatic N) is 2. The predicted molar refractivity (Wildman–Crippen MR) is 75.3 cm³/mol. The molecule has 0 aliphatic carbocycles. The van der Waals surface area contributed by atoms with Crippen molar-refractivity contribution in [3.63, 3.8) is 0 Å². The number of quaternary nitrogens is 1. The molecule has 0 aliphatic rings. The van der Waals surface area contributed by atoms with E-state index in [-0.39, 0.29) is 6.04 Å². The molecule has 3 heterocycles. The van der Waals surface area contributed by atoms with E-state index >= 15 is 0 Å². The zero-order valence-electron chi connectivity index (χ0n) is 11.4. The number of nitrogens with one attached hydrogen (secondary N) is 1. The first kappa shape index (κ1) is 13.1. The normalized spacial score (nSPS) is 14.3. The Kier molecular flexibility index (Phi) is 3.66. The van der Waals surface area contributed by atoms with E-state index < -0.39 is 0 Å². The minimum atomic E-state index is 0.112. The lowest BCUT2D eigenvalue weighted by Crippen LogP contribution is -3.07. The minimum absolute atomic E-state index is 0.112. The molecule has 1 N–H and O–H groups in total. The van der Waals surface area contributed by atoms with E-state index in [1.165, 1.54) is 4.90 Å². The van der Waals surface area contributed by atoms with E-state index in [0.717, 1.165) is 17.2 Å². The zero-order valence-corrected chi connectivity index (χ0v) is 12.2. The number of thiophene rings is 1. The van der Waals surface area contributed by atoms with Crippen molar-refractivity contribution in [2.24, 2.45) is 0 Å². The molecule has 20 heavy (non-hydrogen) atoms. The van der Waals surface area contributed by atoms with Gasteiger partial charge in [-0.1, -0.05) is 6.07 Å². The Labute approximate surface area is 120 Å². The summed E-state index contributed by atoms with van der Waals surface area (Å²) in [6, 6.07) is 7.94. The molecule has 5 nitrogen and oxygen atoms in total. The fraction of sp³-hybridized carbons (Fsp3) is 0.286. The van der Waals surface area contributed by atoms with Crippen molar-refractivity contribution in [2.75, 3.05) is 7.05 Å². The Morgan fingerprint density at radius 1 is 1.30 bits per heavy atom. The van der Waals surface area contributed by atoms with Crippen LogP contribution in [0.4, 0.5) is 0 Å². The Hall–Kier alpha value is -1.92. The molecule has 0 radical (unpaired) electrons. The summed E-state index contributed by atoms with van der Waals surface area (Å²) in [5.74, 6) is 2.19. The predicted octanol–water partition coefficient (Wildman–Crippen LogP) is 2.17. The van der Waals surface area contributed by atoms with Crippen LogP contribution in [0.1, 0.15) is 24.6 Å². The highest BCUT2D eigenvalue weighted by atomic mass is 32.1. The number of aromatic nitrogens is 2. The molecule has 0 aliphatic heterocycles. The van der Waals surface area contributed by atoms with E-state index in [1.807, 2.05) is 29.6 Å². The average Bonchev–Trinajstić information content (AvgIpc) is 3.18. The van der Waals surface area contributed by atoms with Crippen LogP contribution in [0.15, 0.2) is 44.7 Å². The summed E-state index contributed by atoms with van der Waals surface area (Å²) in [5.41, 5.74) is 0. The molecule has 0 saturated carbocycles. The van der Waals surface area contributed by atoms with Crippen LogP contribution in [0.25, 0.3) is 10.8 Å². The highest BCUT2D eigenvalue weighted by Gasteiger charge is 2.23. The Morgan fingerprint density at radius 3 is 2.90 bits per heavy atom. The summed E-state index contributed by atoms with van der Waals surface area (Å²) in [6.07, 6.45) is 1.69. The number of rotatable bonds is 5. The minimum Gasteiger partial charge on any atom is -0.463 e. The molecule has 0 fully saturated rings. The van der Waals surface area contributed by atoms with E-state index in [4.69, 9.17) is 8.83 Å². The van der Waals surface area contributed by atoms with Crippen LogP contribution >= 0.6 is 11.3 Å². The second-order valence-electron chi connectivity index (χ2n) is 4.75. The lowest BCUT2D eigenvalue weighted by molar-refractivity contribution is -0.926. The lowest BCUT2D eigenvalue weighted by Gasteiger charge is -2.17. The molecular formula is C14H16N3O2S+. The zero-order chi connectivity index (χ0) is 13.9. The molecule has 104 valence electrons. The van der Waals surface area contributed by atoms with E-state index in [0.29, 0.717) is 11.8 Å². The molecule has 0 saturated heterocycles. The van der Waals surface area contributed by atoms with Gasteiger partial charge in [-0.15, -0.1) is 21.5 Å². The number of hydrogen-bond donors (Lipinski definition) is 1. The molecule has 1 unspecified atom stereocenters. The van der Waals surface area contributed by atoms with Crippen LogP contribution in [-0.2, 0) is 6.54 Å². The van der Waals surface area contributed by atoms with Crippen LogP contribution in [0, 0.1) is 0 Å². The third kappa shape index (κ3) is 2.66. The van der Waals surface area contributed by atoms with Gasteiger partial charge in [-0.3, -0.25) is 0 Å². The first-order valence-corrected chi connectivity index (χ1v) is 7.34. The van der Waals surface area contributed by atoms with Crippen LogP contribution in [0.5, 0.6) is 0 Å². The maximum atomic E-state index is 5.77. The summed E-state index contributed by atoms with van der Waals surface area (Å²) in [6.45, 7) is 2.86. The lowest BCUT2D eigenvalue weighted by atomic mass is 10.3. The third-order valence-corrected chi connectivity index (χ3v) is 4.17. The average molecular weight is 290 g/mol. The topological polar surface area (TPSA) is 56.5 Å². The van der Waals surface area contributed by atoms with Crippen LogP contribution in [0.3, 0.4) is 0 Å². The molecule has 0 spiro atoms. The van der Waals surface area contributed by atoms with Crippen LogP contribution < -0.4 is 4.90 Å². The van der Waals surface area contributed by atoms with Crippen molar-refractivity contribution in [2.45, 2.75) is 19.5 Å². The third-order valence-electron chi connectivity index (χ3n) is 3.32. The Morgan fingerprint density at radius 2 is 2.20 bits per heavy atom. The van der Waals surface area contributed by atoms with Gasteiger partial charge in [0.25, 0.3) is 11.8 Å². The first-order valence-electron chi connectivity index (χ1n) is 6.46. The molecule has 0 aromatic carbocycles. The van der Waals surface area contributed by atoms with Crippen LogP contribution in [-0.4, -0.2) is 17.2 Å². The summed E-state index contributed by atoms with van der Waals surface area (Å²) < 4.78 is 11.1. The maximum absolute atomic E-state index is 5.77. The molecule has 3 aromatic rings. The highest BCUT2D eigenvalue weighted by Crippen LogP contribution is 2.24. The van der Waals surface area contributed by atoms with Gasteiger partial charge in [-0.25, -0.2) is 0 Å². The monoisotopic (exact) mass is 290 g/mol. The Bertz CT molecular complexity index is 646. The SMILES string of the molecule is C[C@@H](c1nnc(-c2cccs2)o1)[NH+](C)Cc1ccco1. The van der Waals surface area contributed by atoms with Crippen molar-refractivity contribution in [3.8, 4) is 10.8 Å². The second-order valence-corrected chi connectivity index (χ2v) is 5.69. The standard InChI is InChI=1S/C14H15N3O2S/c1-10(17(2)9-11-5-3-7-18-11)13-15-16-14(19-13)12-6-4-8-20-12/h3-8,10H,9H2,1-2H3/p+1/t10-/m0/s1. The van der Waals surface area contributed by atoms with E-state index in [2.05, 4.69) is 24.2 Å². The van der Waals surface area contributed by atoms with Crippen molar-refractivity contribution in [3.05, 3.63) is 47.6 Å². The molecule has 0 amide bonds. The van der Waals surface area contributed by atoms with Crippen molar-refractivity contribution in [1.29, 1.82) is 0 Å². The molecule has 3 rings (SSSR count). The van der Waals surface area contributed by atoms with Crippen molar-refractivity contribution in [1.82, 2.24) is 10.2 Å². The number of furan rings is 1. The van der Waals surface area contributed by atoms with E-state index in [9.17, 15) is 0 Å². The smallest absolute Gasteiger partial charge is 0.274 e. The van der Waals surface area contributed by atoms with E-state index in [1.54, 1.807) is 17.6 Å². The fourth-order valence-electron chi connectivity index (χ4n) is 1.96. The van der Waals surface area contributed by atoms with Crippen LogP contribution in [0.2, 0.25) is 0 Å². The molecule has 6 heteroatoms. The van der Waals surface area contributed by atoms with Gasteiger partial charge >= 0.3 is 0 Å². The summed E-state index contributed by atoms with van der Waals surface area (Å²) in [7, 11) is 2.09. The molecule has 3 aromatic heterocycles. The molecule has 2 atom stereocenters. The maximum Gasteiger partial charge on any atom is 0.274 e. The van der Waals surface area contributed by atoms with Gasteiger partial charge < -0.3 is 13.7 Å². The fourth-order valence-corrected chi connectivity index (χ4v) is 2.61. The Balaban J connectivity index is 1.72. The van der Waals surface area contributed by atoms with Gasteiger partial charge in [0.1, 0.15) is 6.54 Å². The quantitative estimate of drug-likeness (QED) is 0.782. The van der Waals surface area contributed by atoms with Gasteiger partial charge in [0.2, 0.25) is 0 Å².